The third kappa shape index (κ3) is 4.19. The molecule has 0 bridgehead atoms. The SMILES string of the molecule is COCCCNC(=O)c1ccc([N+](=O)[O-])c(NN)c1. The van der Waals surface area contributed by atoms with Crippen molar-refractivity contribution in [2.24, 2.45) is 5.84 Å². The molecule has 1 amide bonds. The summed E-state index contributed by atoms with van der Waals surface area (Å²) in [5.41, 5.74) is 2.42. The molecule has 1 rings (SSSR count). The second kappa shape index (κ2) is 7.29. The van der Waals surface area contributed by atoms with Gasteiger partial charge < -0.3 is 15.5 Å². The molecule has 19 heavy (non-hydrogen) atoms. The van der Waals surface area contributed by atoms with Gasteiger partial charge in [-0.05, 0) is 18.6 Å². The summed E-state index contributed by atoms with van der Waals surface area (Å²) in [6.07, 6.45) is 0.692. The van der Waals surface area contributed by atoms with E-state index < -0.39 is 4.92 Å². The maximum atomic E-state index is 11.8. The maximum Gasteiger partial charge on any atom is 0.293 e. The van der Waals surface area contributed by atoms with Gasteiger partial charge in [0.1, 0.15) is 5.69 Å². The van der Waals surface area contributed by atoms with E-state index in [1.165, 1.54) is 18.2 Å². The number of benzene rings is 1. The molecule has 8 heteroatoms. The van der Waals surface area contributed by atoms with E-state index >= 15 is 0 Å². The quantitative estimate of drug-likeness (QED) is 0.289. The van der Waals surface area contributed by atoms with Gasteiger partial charge in [0, 0.05) is 31.9 Å². The van der Waals surface area contributed by atoms with Crippen molar-refractivity contribution in [3.8, 4) is 0 Å². The second-order valence-corrected chi connectivity index (χ2v) is 3.74. The van der Waals surface area contributed by atoms with Gasteiger partial charge in [-0.15, -0.1) is 0 Å². The number of nitro groups is 1. The number of nitrogens with zero attached hydrogens (tertiary/aromatic N) is 1. The zero-order valence-electron chi connectivity index (χ0n) is 10.5. The van der Waals surface area contributed by atoms with Gasteiger partial charge in [-0.3, -0.25) is 20.8 Å². The molecule has 0 radical (unpaired) electrons. The zero-order valence-corrected chi connectivity index (χ0v) is 10.5. The molecule has 4 N–H and O–H groups in total. The van der Waals surface area contributed by atoms with Crippen LogP contribution in [0, 0.1) is 10.1 Å². The van der Waals surface area contributed by atoms with Gasteiger partial charge in [0.05, 0.1) is 4.92 Å². The Morgan fingerprint density at radius 2 is 2.26 bits per heavy atom. The summed E-state index contributed by atoms with van der Waals surface area (Å²) in [5, 5.41) is 13.4. The van der Waals surface area contributed by atoms with Crippen LogP contribution in [0.3, 0.4) is 0 Å². The summed E-state index contributed by atoms with van der Waals surface area (Å²) < 4.78 is 4.86. The van der Waals surface area contributed by atoms with Crippen LogP contribution in [0.4, 0.5) is 11.4 Å². The van der Waals surface area contributed by atoms with E-state index in [0.717, 1.165) is 0 Å². The molecule has 0 spiro atoms. The number of carbonyl (C=O) groups excluding carboxylic acids is 1. The predicted octanol–water partition coefficient (Wildman–Crippen LogP) is 0.647. The Labute approximate surface area is 110 Å². The topological polar surface area (TPSA) is 120 Å². The molecule has 104 valence electrons. The first-order chi connectivity index (χ1) is 9.10. The first-order valence-corrected chi connectivity index (χ1v) is 5.62. The minimum absolute atomic E-state index is 0.0922. The monoisotopic (exact) mass is 268 g/mol. The predicted molar refractivity (Wildman–Crippen MR) is 69.7 cm³/mol. The fourth-order valence-corrected chi connectivity index (χ4v) is 1.47. The molecule has 0 aliphatic heterocycles. The Morgan fingerprint density at radius 3 is 2.84 bits per heavy atom. The largest absolute Gasteiger partial charge is 0.385 e. The summed E-state index contributed by atoms with van der Waals surface area (Å²) in [6.45, 7) is 1.02. The average Bonchev–Trinajstić information content (AvgIpc) is 2.42. The summed E-state index contributed by atoms with van der Waals surface area (Å²) in [5.74, 6) is 4.88. The first kappa shape index (κ1) is 14.9. The molecule has 1 aromatic carbocycles. The van der Waals surface area contributed by atoms with Crippen LogP contribution in [0.2, 0.25) is 0 Å². The number of rotatable bonds is 7. The molecule has 0 unspecified atom stereocenters. The Hall–Kier alpha value is -2.19. The Morgan fingerprint density at radius 1 is 1.53 bits per heavy atom. The van der Waals surface area contributed by atoms with Crippen molar-refractivity contribution in [1.29, 1.82) is 0 Å². The van der Waals surface area contributed by atoms with Crippen molar-refractivity contribution < 1.29 is 14.5 Å². The number of carbonyl (C=O) groups is 1. The highest BCUT2D eigenvalue weighted by Crippen LogP contribution is 2.24. The highest BCUT2D eigenvalue weighted by atomic mass is 16.6. The van der Waals surface area contributed by atoms with E-state index in [2.05, 4.69) is 10.7 Å². The van der Waals surface area contributed by atoms with Gasteiger partial charge in [-0.1, -0.05) is 0 Å². The number of anilines is 1. The van der Waals surface area contributed by atoms with Gasteiger partial charge in [0.2, 0.25) is 0 Å². The zero-order chi connectivity index (χ0) is 14.3. The van der Waals surface area contributed by atoms with E-state index in [4.69, 9.17) is 10.6 Å². The van der Waals surface area contributed by atoms with Crippen molar-refractivity contribution in [2.45, 2.75) is 6.42 Å². The third-order valence-corrected chi connectivity index (χ3v) is 2.42. The first-order valence-electron chi connectivity index (χ1n) is 5.62. The van der Waals surface area contributed by atoms with Crippen LogP contribution < -0.4 is 16.6 Å². The molecular weight excluding hydrogens is 252 g/mol. The molecule has 1 aromatic rings. The number of hydrogen-bond acceptors (Lipinski definition) is 6. The van der Waals surface area contributed by atoms with Gasteiger partial charge in [0.15, 0.2) is 0 Å². The standard InChI is InChI=1S/C11H16N4O4/c1-19-6-2-5-13-11(16)8-3-4-10(15(17)18)9(7-8)14-12/h3-4,7,14H,2,5-6,12H2,1H3,(H,13,16). The number of hydrogen-bond donors (Lipinski definition) is 3. The lowest BCUT2D eigenvalue weighted by molar-refractivity contribution is -0.384. The number of nitrogen functional groups attached to an aromatic ring is 1. The van der Waals surface area contributed by atoms with Gasteiger partial charge in [0.25, 0.3) is 11.6 Å². The molecule has 0 saturated heterocycles. The van der Waals surface area contributed by atoms with Crippen LogP contribution in [0.15, 0.2) is 18.2 Å². The fraction of sp³-hybridized carbons (Fsp3) is 0.364. The molecule has 0 aromatic heterocycles. The van der Waals surface area contributed by atoms with Gasteiger partial charge >= 0.3 is 0 Å². The average molecular weight is 268 g/mol. The van der Waals surface area contributed by atoms with Gasteiger partial charge in [-0.2, -0.15) is 0 Å². The molecule has 8 nitrogen and oxygen atoms in total. The Bertz CT molecular complexity index is 464. The van der Waals surface area contributed by atoms with Gasteiger partial charge in [-0.25, -0.2) is 0 Å². The fourth-order valence-electron chi connectivity index (χ4n) is 1.47. The number of nitrogens with one attached hydrogen (secondary N) is 2. The number of methoxy groups -OCH3 is 1. The van der Waals surface area contributed by atoms with Crippen molar-refractivity contribution in [2.75, 3.05) is 25.7 Å². The van der Waals surface area contributed by atoms with E-state index in [1.54, 1.807) is 7.11 Å². The Balaban J connectivity index is 2.73. The highest BCUT2D eigenvalue weighted by molar-refractivity contribution is 5.95. The second-order valence-electron chi connectivity index (χ2n) is 3.74. The normalized spacial score (nSPS) is 10.0. The van der Waals surface area contributed by atoms with Crippen LogP contribution in [0.5, 0.6) is 0 Å². The van der Waals surface area contributed by atoms with Crippen molar-refractivity contribution >= 4 is 17.3 Å². The van der Waals surface area contributed by atoms with Crippen LogP contribution in [-0.4, -0.2) is 31.1 Å². The van der Waals surface area contributed by atoms with E-state index in [9.17, 15) is 14.9 Å². The molecule has 0 heterocycles. The Kier molecular flexibility index (Phi) is 5.71. The molecule has 0 aliphatic carbocycles. The molecular formula is C11H16N4O4. The van der Waals surface area contributed by atoms with E-state index in [0.29, 0.717) is 25.1 Å². The summed E-state index contributed by atoms with van der Waals surface area (Å²) in [7, 11) is 1.58. The van der Waals surface area contributed by atoms with Crippen LogP contribution in [0.1, 0.15) is 16.8 Å². The summed E-state index contributed by atoms with van der Waals surface area (Å²) in [6, 6.07) is 3.95. The number of ether oxygens (including phenoxy) is 1. The lowest BCUT2D eigenvalue weighted by atomic mass is 10.1. The minimum Gasteiger partial charge on any atom is -0.385 e. The van der Waals surface area contributed by atoms with Crippen LogP contribution in [-0.2, 0) is 4.74 Å². The van der Waals surface area contributed by atoms with E-state index in [-0.39, 0.29) is 17.3 Å². The van der Waals surface area contributed by atoms with E-state index in [1.807, 2.05) is 0 Å². The summed E-state index contributed by atoms with van der Waals surface area (Å²) in [4.78, 5) is 21.9. The lowest BCUT2D eigenvalue weighted by Gasteiger charge is -2.07. The molecule has 0 fully saturated rings. The maximum absolute atomic E-state index is 11.8. The van der Waals surface area contributed by atoms with Crippen molar-refractivity contribution in [3.63, 3.8) is 0 Å². The van der Waals surface area contributed by atoms with Crippen molar-refractivity contribution in [1.82, 2.24) is 5.32 Å². The molecule has 0 saturated carbocycles. The molecule has 0 atom stereocenters. The third-order valence-electron chi connectivity index (χ3n) is 2.42. The number of hydrazine groups is 1. The lowest BCUT2D eigenvalue weighted by Crippen LogP contribution is -2.25. The highest BCUT2D eigenvalue weighted by Gasteiger charge is 2.15. The van der Waals surface area contributed by atoms with Crippen molar-refractivity contribution in [3.05, 3.63) is 33.9 Å². The number of amides is 1. The minimum atomic E-state index is -0.574. The van der Waals surface area contributed by atoms with Crippen LogP contribution >= 0.6 is 0 Å². The smallest absolute Gasteiger partial charge is 0.293 e. The number of nitrogens with two attached hydrogens (primary N) is 1. The summed E-state index contributed by atoms with van der Waals surface area (Å²) >= 11 is 0. The number of nitro benzene ring substituents is 1. The van der Waals surface area contributed by atoms with Crippen LogP contribution in [0.25, 0.3) is 0 Å². The molecule has 0 aliphatic rings.